The van der Waals surface area contributed by atoms with Crippen LogP contribution in [0.5, 0.6) is 17.2 Å². The minimum Gasteiger partial charge on any atom is -0.459 e. The van der Waals surface area contributed by atoms with Crippen LogP contribution in [0.25, 0.3) is 0 Å². The van der Waals surface area contributed by atoms with Gasteiger partial charge in [0.25, 0.3) is 0 Å². The number of rotatable bonds is 6. The van der Waals surface area contributed by atoms with Gasteiger partial charge in [-0.1, -0.05) is 6.92 Å². The third kappa shape index (κ3) is 5.80. The van der Waals surface area contributed by atoms with Crippen LogP contribution < -0.4 is 15.2 Å². The molecule has 0 saturated carbocycles. The number of carbonyl (C=O) groups excluding carboxylic acids is 1. The van der Waals surface area contributed by atoms with Crippen LogP contribution in [0.4, 0.5) is 18.9 Å². The molecule has 0 radical (unpaired) electrons. The fourth-order valence-corrected chi connectivity index (χ4v) is 2.31. The number of carbonyl (C=O) groups is 1. The third-order valence-electron chi connectivity index (χ3n) is 3.46. The average molecular weight is 383 g/mol. The van der Waals surface area contributed by atoms with Gasteiger partial charge in [0.15, 0.2) is 0 Å². The Kier molecular flexibility index (Phi) is 6.20. The smallest absolute Gasteiger partial charge is 0.459 e. The Labute approximate surface area is 154 Å². The molecular weight excluding hydrogens is 363 g/mol. The second-order valence-corrected chi connectivity index (χ2v) is 5.98. The molecule has 0 amide bonds. The maximum Gasteiger partial charge on any atom is 0.573 e. The van der Waals surface area contributed by atoms with E-state index in [1.165, 1.54) is 18.2 Å². The molecule has 0 spiro atoms. The Bertz CT molecular complexity index is 802. The van der Waals surface area contributed by atoms with Crippen molar-refractivity contribution in [1.29, 1.82) is 0 Å². The highest BCUT2D eigenvalue weighted by Gasteiger charge is 2.31. The van der Waals surface area contributed by atoms with E-state index >= 15 is 0 Å². The highest BCUT2D eigenvalue weighted by molar-refractivity contribution is 5.96. The van der Waals surface area contributed by atoms with Crippen LogP contribution in [0, 0.1) is 0 Å². The van der Waals surface area contributed by atoms with E-state index in [1.807, 2.05) is 6.92 Å². The van der Waals surface area contributed by atoms with E-state index in [4.69, 9.17) is 15.2 Å². The summed E-state index contributed by atoms with van der Waals surface area (Å²) in [5.41, 5.74) is 7.10. The normalized spacial score (nSPS) is 11.4. The van der Waals surface area contributed by atoms with Gasteiger partial charge in [-0.3, -0.25) is 0 Å². The number of ether oxygens (including phenoxy) is 3. The van der Waals surface area contributed by atoms with Gasteiger partial charge in [0, 0.05) is 5.69 Å². The number of aryl methyl sites for hydroxylation is 1. The molecule has 0 heterocycles. The second kappa shape index (κ2) is 8.20. The predicted molar refractivity (Wildman–Crippen MR) is 94.0 cm³/mol. The number of anilines is 1. The Hall–Kier alpha value is -2.90. The first kappa shape index (κ1) is 20.4. The zero-order valence-corrected chi connectivity index (χ0v) is 15.1. The lowest BCUT2D eigenvalue weighted by molar-refractivity contribution is -0.274. The molecule has 0 saturated heterocycles. The van der Waals surface area contributed by atoms with E-state index in [-0.39, 0.29) is 28.9 Å². The van der Waals surface area contributed by atoms with Crippen molar-refractivity contribution in [3.05, 3.63) is 47.5 Å². The molecule has 2 N–H and O–H groups in total. The molecule has 2 rings (SSSR count). The average Bonchev–Trinajstić information content (AvgIpc) is 2.55. The zero-order valence-electron chi connectivity index (χ0n) is 15.1. The van der Waals surface area contributed by atoms with Gasteiger partial charge in [-0.25, -0.2) is 4.79 Å². The molecule has 0 bridgehead atoms. The lowest BCUT2D eigenvalue weighted by Crippen LogP contribution is -2.16. The highest BCUT2D eigenvalue weighted by atomic mass is 19.4. The summed E-state index contributed by atoms with van der Waals surface area (Å²) in [4.78, 5) is 12.2. The molecule has 146 valence electrons. The van der Waals surface area contributed by atoms with Crippen molar-refractivity contribution in [3.8, 4) is 17.2 Å². The van der Waals surface area contributed by atoms with Crippen molar-refractivity contribution >= 4 is 11.7 Å². The minimum absolute atomic E-state index is 0.160. The van der Waals surface area contributed by atoms with Crippen molar-refractivity contribution in [3.63, 3.8) is 0 Å². The van der Waals surface area contributed by atoms with E-state index < -0.39 is 12.3 Å². The van der Waals surface area contributed by atoms with Crippen LogP contribution in [-0.2, 0) is 11.2 Å². The van der Waals surface area contributed by atoms with Gasteiger partial charge >= 0.3 is 12.3 Å². The number of halogens is 3. The van der Waals surface area contributed by atoms with E-state index in [0.29, 0.717) is 12.2 Å². The summed E-state index contributed by atoms with van der Waals surface area (Å²) < 4.78 is 51.4. The van der Waals surface area contributed by atoms with Gasteiger partial charge in [-0.15, -0.1) is 13.2 Å². The maximum absolute atomic E-state index is 12.2. The summed E-state index contributed by atoms with van der Waals surface area (Å²) in [6.07, 6.45) is -4.50. The third-order valence-corrected chi connectivity index (χ3v) is 3.46. The van der Waals surface area contributed by atoms with Crippen molar-refractivity contribution in [1.82, 2.24) is 0 Å². The number of esters is 1. The quantitative estimate of drug-likeness (QED) is 0.556. The fraction of sp³-hybridized carbons (Fsp3) is 0.316. The first-order chi connectivity index (χ1) is 12.6. The Morgan fingerprint density at radius 1 is 1.11 bits per heavy atom. The van der Waals surface area contributed by atoms with Crippen LogP contribution in [-0.4, -0.2) is 18.4 Å². The maximum atomic E-state index is 12.2. The minimum atomic E-state index is -4.76. The largest absolute Gasteiger partial charge is 0.573 e. The number of nitrogen functional groups attached to an aromatic ring is 1. The molecule has 2 aromatic rings. The van der Waals surface area contributed by atoms with Gasteiger partial charge in [-0.05, 0) is 62.2 Å². The lowest BCUT2D eigenvalue weighted by atomic mass is 10.1. The predicted octanol–water partition coefficient (Wildman–Crippen LogP) is 5.09. The van der Waals surface area contributed by atoms with Gasteiger partial charge in [0.1, 0.15) is 17.2 Å². The molecule has 8 heteroatoms. The molecule has 2 aromatic carbocycles. The number of hydrogen-bond donors (Lipinski definition) is 1. The Morgan fingerprint density at radius 3 is 2.22 bits per heavy atom. The van der Waals surface area contributed by atoms with Crippen LogP contribution in [0.15, 0.2) is 36.4 Å². The molecule has 0 unspecified atom stereocenters. The van der Waals surface area contributed by atoms with E-state index in [9.17, 15) is 18.0 Å². The monoisotopic (exact) mass is 383 g/mol. The van der Waals surface area contributed by atoms with Crippen molar-refractivity contribution in [2.75, 3.05) is 5.73 Å². The van der Waals surface area contributed by atoms with Crippen molar-refractivity contribution < 1.29 is 32.2 Å². The van der Waals surface area contributed by atoms with Crippen LogP contribution >= 0.6 is 0 Å². The Balaban J connectivity index is 2.27. The summed E-state index contributed by atoms with van der Waals surface area (Å²) in [6, 6.07) is 8.04. The molecule has 0 aliphatic carbocycles. The summed E-state index contributed by atoms with van der Waals surface area (Å²) >= 11 is 0. The SMILES string of the molecule is CCc1cc(N)c(C(=O)OC(C)C)cc1Oc1ccc(OC(F)(F)F)cc1. The molecule has 0 aliphatic heterocycles. The van der Waals surface area contributed by atoms with Crippen LogP contribution in [0.2, 0.25) is 0 Å². The van der Waals surface area contributed by atoms with Crippen molar-refractivity contribution in [2.24, 2.45) is 0 Å². The van der Waals surface area contributed by atoms with Crippen LogP contribution in [0.1, 0.15) is 36.7 Å². The van der Waals surface area contributed by atoms with E-state index in [0.717, 1.165) is 17.7 Å². The summed E-state index contributed by atoms with van der Waals surface area (Å²) in [6.45, 7) is 5.32. The molecule has 0 fully saturated rings. The summed E-state index contributed by atoms with van der Waals surface area (Å²) in [5.74, 6) is -0.285. The lowest BCUT2D eigenvalue weighted by Gasteiger charge is -2.15. The van der Waals surface area contributed by atoms with Crippen molar-refractivity contribution in [2.45, 2.75) is 39.7 Å². The summed E-state index contributed by atoms with van der Waals surface area (Å²) in [7, 11) is 0. The number of nitrogens with two attached hydrogens (primary N) is 1. The molecule has 5 nitrogen and oxygen atoms in total. The van der Waals surface area contributed by atoms with E-state index in [2.05, 4.69) is 4.74 Å². The van der Waals surface area contributed by atoms with Gasteiger partial charge in [0.05, 0.1) is 11.7 Å². The Morgan fingerprint density at radius 2 is 1.70 bits per heavy atom. The summed E-state index contributed by atoms with van der Waals surface area (Å²) in [5, 5.41) is 0. The molecule has 0 aliphatic rings. The zero-order chi connectivity index (χ0) is 20.2. The fourth-order valence-electron chi connectivity index (χ4n) is 2.31. The first-order valence-electron chi connectivity index (χ1n) is 8.26. The van der Waals surface area contributed by atoms with Gasteiger partial charge in [0.2, 0.25) is 0 Å². The standard InChI is InChI=1S/C19H20F3NO4/c1-4-12-9-16(23)15(18(24)25-11(2)3)10-17(12)26-13-5-7-14(8-6-13)27-19(20,21)22/h5-11H,4,23H2,1-3H3. The molecule has 0 aromatic heterocycles. The molecular formula is C19H20F3NO4. The number of hydrogen-bond acceptors (Lipinski definition) is 5. The van der Waals surface area contributed by atoms with E-state index in [1.54, 1.807) is 19.9 Å². The topological polar surface area (TPSA) is 70.8 Å². The molecule has 27 heavy (non-hydrogen) atoms. The second-order valence-electron chi connectivity index (χ2n) is 5.98. The van der Waals surface area contributed by atoms with Crippen LogP contribution in [0.3, 0.4) is 0 Å². The highest BCUT2D eigenvalue weighted by Crippen LogP contribution is 2.32. The van der Waals surface area contributed by atoms with Gasteiger partial charge in [-0.2, -0.15) is 0 Å². The number of alkyl halides is 3. The first-order valence-corrected chi connectivity index (χ1v) is 8.26. The van der Waals surface area contributed by atoms with Gasteiger partial charge < -0.3 is 19.9 Å². The molecule has 0 atom stereocenters. The number of benzene rings is 2.